The largest absolute Gasteiger partial charge is 0.508 e. The van der Waals surface area contributed by atoms with E-state index in [0.717, 1.165) is 17.5 Å². The van der Waals surface area contributed by atoms with Gasteiger partial charge in [0.15, 0.2) is 11.6 Å². The lowest BCUT2D eigenvalue weighted by atomic mass is 9.92. The molecule has 6 aromatic rings. The molecule has 22 nitrogen and oxygen atoms in total. The fraction of sp³-hybridized carbons (Fsp3) is 0.459. The van der Waals surface area contributed by atoms with E-state index in [1.54, 1.807) is 33.1 Å². The highest BCUT2D eigenvalue weighted by Crippen LogP contribution is 2.40. The van der Waals surface area contributed by atoms with Crippen molar-refractivity contribution in [3.63, 3.8) is 0 Å². The van der Waals surface area contributed by atoms with Gasteiger partial charge in [-0.05, 0) is 104 Å². The normalized spacial score (nSPS) is 14.6. The van der Waals surface area contributed by atoms with Crippen LogP contribution in [0.4, 0.5) is 0 Å². The zero-order valence-corrected chi connectivity index (χ0v) is 48.5. The van der Waals surface area contributed by atoms with Gasteiger partial charge in [-0.25, -0.2) is 0 Å². The smallest absolute Gasteiger partial charge is 0.289 e. The molecule has 0 aliphatic carbocycles. The zero-order chi connectivity index (χ0) is 59.5. The van der Waals surface area contributed by atoms with Crippen LogP contribution in [0, 0.1) is 5.92 Å². The molecule has 2 aliphatic rings. The van der Waals surface area contributed by atoms with Crippen LogP contribution in [0.15, 0.2) is 72.8 Å². The number of rotatable bonds is 24. The van der Waals surface area contributed by atoms with E-state index in [-0.39, 0.29) is 95.0 Å². The van der Waals surface area contributed by atoms with Gasteiger partial charge < -0.3 is 46.6 Å². The Labute approximate surface area is 484 Å². The molecule has 2 aliphatic heterocycles. The molecule has 4 heterocycles. The Kier molecular flexibility index (Phi) is 20.3. The van der Waals surface area contributed by atoms with Crippen LogP contribution in [0.2, 0.25) is 0 Å². The van der Waals surface area contributed by atoms with Gasteiger partial charge in [0.2, 0.25) is 23.5 Å². The van der Waals surface area contributed by atoms with Gasteiger partial charge in [0, 0.05) is 127 Å². The van der Waals surface area contributed by atoms with Crippen LogP contribution >= 0.6 is 0 Å². The second kappa shape index (κ2) is 27.7. The van der Waals surface area contributed by atoms with Gasteiger partial charge in [0.25, 0.3) is 11.8 Å². The van der Waals surface area contributed by atoms with Crippen molar-refractivity contribution in [3.8, 4) is 57.1 Å². The molecule has 4 aromatic carbocycles. The molecule has 1 atom stereocenters. The maximum absolute atomic E-state index is 14.1. The van der Waals surface area contributed by atoms with E-state index < -0.39 is 17.7 Å². The molecule has 0 bridgehead atoms. The van der Waals surface area contributed by atoms with Gasteiger partial charge in [0.05, 0.1) is 11.1 Å². The molecular formula is C61H79N13O9. The van der Waals surface area contributed by atoms with Gasteiger partial charge in [-0.2, -0.15) is 0 Å². The first kappa shape index (κ1) is 60.9. The van der Waals surface area contributed by atoms with Crippen LogP contribution < -0.4 is 16.4 Å². The summed E-state index contributed by atoms with van der Waals surface area (Å²) in [4.78, 5) is 75.7. The summed E-state index contributed by atoms with van der Waals surface area (Å²) in [6.45, 7) is 18.3. The SMILES string of the molecule is CCNC(=O)c1nnc(-c2cc(C(C)C)c(O)cc2O)n1-c1ccc(CN2CCN(C(=O)CCC(=O)C[C@@H](CCCCN)C(=O)N3CCN(Cc4ccc(-n5c(C(=O)NCC)nnc5-c5cc(C(C)C)c(O)cc5O)cc4)CC3)CC2)cc1. The van der Waals surface area contributed by atoms with Gasteiger partial charge in [0.1, 0.15) is 28.8 Å². The van der Waals surface area contributed by atoms with Crippen LogP contribution in [0.25, 0.3) is 34.2 Å². The predicted octanol–water partition coefficient (Wildman–Crippen LogP) is 6.22. The molecule has 0 saturated carbocycles. The monoisotopic (exact) mass is 1140 g/mol. The molecule has 0 spiro atoms. The molecule has 0 unspecified atom stereocenters. The number of phenolic OH excluding ortho intramolecular Hbond substituents is 4. The minimum absolute atomic E-state index is 0.0387. The van der Waals surface area contributed by atoms with Crippen LogP contribution in [-0.2, 0) is 27.5 Å². The summed E-state index contributed by atoms with van der Waals surface area (Å²) in [5, 5.41) is 65.5. The summed E-state index contributed by atoms with van der Waals surface area (Å²) in [5.41, 5.74) is 10.9. The topological polar surface area (TPSA) is 291 Å². The highest BCUT2D eigenvalue weighted by atomic mass is 16.3. The quantitative estimate of drug-likeness (QED) is 0.0331. The Balaban J connectivity index is 0.819. The Morgan fingerprint density at radius 2 is 0.988 bits per heavy atom. The van der Waals surface area contributed by atoms with Gasteiger partial charge >= 0.3 is 0 Å². The third-order valence-electron chi connectivity index (χ3n) is 15.5. The molecule has 8 rings (SSSR count). The van der Waals surface area contributed by atoms with E-state index in [2.05, 4.69) is 40.8 Å². The molecule has 83 heavy (non-hydrogen) atoms. The number of nitrogens with two attached hydrogens (primary N) is 1. The number of unbranched alkanes of at least 4 members (excludes halogenated alkanes) is 1. The fourth-order valence-corrected chi connectivity index (χ4v) is 10.8. The maximum atomic E-state index is 14.1. The number of hydrogen-bond donors (Lipinski definition) is 7. The molecule has 2 fully saturated rings. The zero-order valence-electron chi connectivity index (χ0n) is 48.5. The summed E-state index contributed by atoms with van der Waals surface area (Å²) in [5.74, 6) is -1.60. The van der Waals surface area contributed by atoms with Gasteiger partial charge in [-0.3, -0.25) is 42.9 Å². The number of amides is 4. The second-order valence-corrected chi connectivity index (χ2v) is 22.1. The number of hydrogen-bond acceptors (Lipinski definition) is 16. The predicted molar refractivity (Wildman–Crippen MR) is 313 cm³/mol. The summed E-state index contributed by atoms with van der Waals surface area (Å²) >= 11 is 0. The average Bonchev–Trinajstić information content (AvgIpc) is 4.36. The van der Waals surface area contributed by atoms with Crippen molar-refractivity contribution in [1.29, 1.82) is 0 Å². The fourth-order valence-electron chi connectivity index (χ4n) is 10.8. The number of aromatic hydroxyl groups is 4. The van der Waals surface area contributed by atoms with E-state index >= 15 is 0 Å². The van der Waals surface area contributed by atoms with Crippen molar-refractivity contribution in [2.75, 3.05) is 72.0 Å². The number of nitrogens with zero attached hydrogens (tertiary/aromatic N) is 10. The number of benzene rings is 4. The molecule has 2 aromatic heterocycles. The van der Waals surface area contributed by atoms with Gasteiger partial charge in [-0.1, -0.05) is 58.4 Å². The highest BCUT2D eigenvalue weighted by molar-refractivity contribution is 5.93. The first-order chi connectivity index (χ1) is 39.9. The Morgan fingerprint density at radius 1 is 0.554 bits per heavy atom. The van der Waals surface area contributed by atoms with E-state index in [0.29, 0.717) is 132 Å². The lowest BCUT2D eigenvalue weighted by Crippen LogP contribution is -2.50. The Hall–Kier alpha value is -8.21. The lowest BCUT2D eigenvalue weighted by molar-refractivity contribution is -0.140. The van der Waals surface area contributed by atoms with Crippen molar-refractivity contribution in [2.45, 2.75) is 105 Å². The standard InChI is InChI=1S/C61H79N13O9/c1-7-63-59(81)57-67-65-55(48-32-46(38(3)4)50(76)34-52(48)78)73(57)43-16-12-40(13-17-43)36-69-23-27-71(28-24-69)54(80)21-20-45(75)31-42(11-9-10-22-62)61(83)72-29-25-70(26-30-72)37-41-14-18-44(19-15-41)74-56(66-68-58(74)60(82)64-8-2)49-33-47(39(5)6)51(77)35-53(49)79/h12-19,32-35,38-39,42,76-79H,7-11,20-31,36-37,62H2,1-6H3,(H,63,81)(H,64,82)/t42-/m1/s1. The van der Waals surface area contributed by atoms with E-state index in [4.69, 9.17) is 5.73 Å². The third kappa shape index (κ3) is 14.5. The number of ketones is 1. The minimum Gasteiger partial charge on any atom is -0.508 e. The second-order valence-electron chi connectivity index (χ2n) is 22.1. The van der Waals surface area contributed by atoms with E-state index in [9.17, 15) is 44.4 Å². The number of Topliss-reactive ketones (excluding diaryl/α,β-unsaturated/α-hetero) is 1. The first-order valence-corrected chi connectivity index (χ1v) is 28.9. The molecule has 0 radical (unpaired) electrons. The Bertz CT molecular complexity index is 3250. The number of piperazine rings is 2. The summed E-state index contributed by atoms with van der Waals surface area (Å²) < 4.78 is 3.19. The van der Waals surface area contributed by atoms with Crippen molar-refractivity contribution < 1.29 is 44.4 Å². The minimum atomic E-state index is -0.500. The molecule has 442 valence electrons. The molecule has 8 N–H and O–H groups in total. The summed E-state index contributed by atoms with van der Waals surface area (Å²) in [6.07, 6.45) is 2.20. The van der Waals surface area contributed by atoms with Crippen molar-refractivity contribution in [1.82, 2.24) is 59.8 Å². The van der Waals surface area contributed by atoms with Crippen LogP contribution in [0.3, 0.4) is 0 Å². The third-order valence-corrected chi connectivity index (χ3v) is 15.5. The summed E-state index contributed by atoms with van der Waals surface area (Å²) in [6, 6.07) is 21.2. The summed E-state index contributed by atoms with van der Waals surface area (Å²) in [7, 11) is 0. The van der Waals surface area contributed by atoms with E-state index in [1.807, 2.05) is 88.0 Å². The number of carbonyl (C=O) groups is 5. The van der Waals surface area contributed by atoms with Crippen LogP contribution in [0.5, 0.6) is 23.0 Å². The average molecular weight is 1140 g/mol. The number of aromatic nitrogens is 6. The molecule has 4 amide bonds. The van der Waals surface area contributed by atoms with Crippen LogP contribution in [0.1, 0.15) is 135 Å². The lowest BCUT2D eigenvalue weighted by Gasteiger charge is -2.36. The Morgan fingerprint density at radius 3 is 1.40 bits per heavy atom. The molecular weight excluding hydrogens is 1060 g/mol. The molecule has 22 heteroatoms. The van der Waals surface area contributed by atoms with Gasteiger partial charge in [-0.15, -0.1) is 20.4 Å². The van der Waals surface area contributed by atoms with E-state index in [1.165, 1.54) is 12.1 Å². The number of phenols is 4. The highest BCUT2D eigenvalue weighted by Gasteiger charge is 2.31. The van der Waals surface area contributed by atoms with Crippen molar-refractivity contribution in [3.05, 3.63) is 107 Å². The number of carbonyl (C=O) groups excluding carboxylic acids is 5. The first-order valence-electron chi connectivity index (χ1n) is 28.9. The number of nitrogens with one attached hydrogen (secondary N) is 2. The van der Waals surface area contributed by atoms with Crippen molar-refractivity contribution in [2.24, 2.45) is 11.7 Å². The van der Waals surface area contributed by atoms with Crippen LogP contribution in [-0.4, -0.2) is 171 Å². The molecule has 2 saturated heterocycles. The van der Waals surface area contributed by atoms with Crippen molar-refractivity contribution >= 4 is 29.4 Å². The maximum Gasteiger partial charge on any atom is 0.289 e.